The van der Waals surface area contributed by atoms with Gasteiger partial charge < -0.3 is 29.4 Å². The maximum atomic E-state index is 12.4. The maximum Gasteiger partial charge on any atom is 0.251 e. The van der Waals surface area contributed by atoms with Crippen LogP contribution in [-0.2, 0) is 14.8 Å². The summed E-state index contributed by atoms with van der Waals surface area (Å²) in [4.78, 5) is 12.5. The predicted octanol–water partition coefficient (Wildman–Crippen LogP) is 1.33. The zero-order valence-corrected chi connectivity index (χ0v) is 20.0. The van der Waals surface area contributed by atoms with Gasteiger partial charge in [0.25, 0.3) is 5.91 Å². The lowest BCUT2D eigenvalue weighted by molar-refractivity contribution is 0.0833. The molecule has 3 N–H and O–H groups in total. The Bertz CT molecular complexity index is 1030. The smallest absolute Gasteiger partial charge is 0.251 e. The molecular formula is C23H30N2O8S. The van der Waals surface area contributed by atoms with Crippen molar-refractivity contribution in [1.29, 1.82) is 0 Å². The average Bonchev–Trinajstić information content (AvgIpc) is 3.38. The van der Waals surface area contributed by atoms with E-state index in [0.29, 0.717) is 23.9 Å². The van der Waals surface area contributed by atoms with Crippen LogP contribution in [0, 0.1) is 0 Å². The molecule has 2 aromatic rings. The van der Waals surface area contributed by atoms with Gasteiger partial charge in [0.2, 0.25) is 15.8 Å². The molecule has 1 heterocycles. The van der Waals surface area contributed by atoms with Crippen LogP contribution < -0.4 is 24.2 Å². The molecule has 2 atom stereocenters. The Morgan fingerprint density at radius 1 is 1.15 bits per heavy atom. The number of rotatable bonds is 12. The van der Waals surface area contributed by atoms with Gasteiger partial charge >= 0.3 is 0 Å². The SMILES string of the molecule is COc1cccc(OC)c1OCC(O)CNC(=O)c1ccc(S(=O)(=O)NCC2CCCO2)cc1. The van der Waals surface area contributed by atoms with Crippen LogP contribution in [0.3, 0.4) is 0 Å². The first kappa shape index (κ1) is 25.8. The number of benzene rings is 2. The Morgan fingerprint density at radius 2 is 1.82 bits per heavy atom. The highest BCUT2D eigenvalue weighted by molar-refractivity contribution is 7.89. The number of amides is 1. The fraction of sp³-hybridized carbons (Fsp3) is 0.435. The first-order valence-electron chi connectivity index (χ1n) is 10.9. The normalized spacial score (nSPS) is 16.6. The zero-order valence-electron chi connectivity index (χ0n) is 19.2. The zero-order chi connectivity index (χ0) is 24.6. The highest BCUT2D eigenvalue weighted by atomic mass is 32.2. The lowest BCUT2D eigenvalue weighted by atomic mass is 10.2. The second-order valence-electron chi connectivity index (χ2n) is 7.68. The van der Waals surface area contributed by atoms with Crippen LogP contribution in [0.25, 0.3) is 0 Å². The van der Waals surface area contributed by atoms with E-state index in [-0.39, 0.29) is 36.3 Å². The van der Waals surface area contributed by atoms with Gasteiger partial charge in [0, 0.05) is 25.3 Å². The van der Waals surface area contributed by atoms with E-state index in [1.165, 1.54) is 38.5 Å². The van der Waals surface area contributed by atoms with Gasteiger partial charge in [-0.3, -0.25) is 4.79 Å². The molecule has 0 radical (unpaired) electrons. The van der Waals surface area contributed by atoms with Gasteiger partial charge in [-0.1, -0.05) is 6.07 Å². The number of carbonyl (C=O) groups excluding carboxylic acids is 1. The molecule has 0 saturated carbocycles. The summed E-state index contributed by atoms with van der Waals surface area (Å²) in [5.74, 6) is 0.805. The molecule has 34 heavy (non-hydrogen) atoms. The predicted molar refractivity (Wildman–Crippen MR) is 124 cm³/mol. The van der Waals surface area contributed by atoms with Crippen molar-refractivity contribution >= 4 is 15.9 Å². The fourth-order valence-corrected chi connectivity index (χ4v) is 4.45. The minimum absolute atomic E-state index is 0.0567. The summed E-state index contributed by atoms with van der Waals surface area (Å²) in [6.45, 7) is 0.681. The molecular weight excluding hydrogens is 464 g/mol. The third kappa shape index (κ3) is 6.83. The molecule has 186 valence electrons. The molecule has 0 aromatic heterocycles. The summed E-state index contributed by atoms with van der Waals surface area (Å²) in [6, 6.07) is 10.7. The molecule has 1 aliphatic heterocycles. The Labute approximate surface area is 199 Å². The van der Waals surface area contributed by atoms with Crippen LogP contribution in [0.5, 0.6) is 17.2 Å². The molecule has 1 saturated heterocycles. The Morgan fingerprint density at radius 3 is 2.41 bits per heavy atom. The number of methoxy groups -OCH3 is 2. The largest absolute Gasteiger partial charge is 0.493 e. The molecule has 0 spiro atoms. The fourth-order valence-electron chi connectivity index (χ4n) is 3.39. The highest BCUT2D eigenvalue weighted by Crippen LogP contribution is 2.36. The van der Waals surface area contributed by atoms with Crippen molar-refractivity contribution in [3.63, 3.8) is 0 Å². The number of nitrogens with one attached hydrogen (secondary N) is 2. The van der Waals surface area contributed by atoms with Crippen LogP contribution in [0.1, 0.15) is 23.2 Å². The van der Waals surface area contributed by atoms with E-state index in [0.717, 1.165) is 12.8 Å². The number of hydrogen-bond acceptors (Lipinski definition) is 8. The summed E-state index contributed by atoms with van der Waals surface area (Å²) in [5, 5.41) is 12.8. The highest BCUT2D eigenvalue weighted by Gasteiger charge is 2.21. The Hall–Kier alpha value is -2.86. The first-order chi connectivity index (χ1) is 16.3. The molecule has 1 fully saturated rings. The number of para-hydroxylation sites is 1. The monoisotopic (exact) mass is 494 g/mol. The van der Waals surface area contributed by atoms with E-state index in [1.54, 1.807) is 18.2 Å². The average molecular weight is 495 g/mol. The number of ether oxygens (including phenoxy) is 4. The minimum atomic E-state index is -3.70. The number of aliphatic hydroxyl groups excluding tert-OH is 1. The summed E-state index contributed by atoms with van der Waals surface area (Å²) < 4.78 is 48.9. The second kappa shape index (κ2) is 12.0. The maximum absolute atomic E-state index is 12.4. The topological polar surface area (TPSA) is 132 Å². The van der Waals surface area contributed by atoms with Crippen LogP contribution in [0.4, 0.5) is 0 Å². The molecule has 0 bridgehead atoms. The summed E-state index contributed by atoms with van der Waals surface area (Å²) >= 11 is 0. The van der Waals surface area contributed by atoms with Crippen LogP contribution in [-0.4, -0.2) is 72.2 Å². The first-order valence-corrected chi connectivity index (χ1v) is 12.3. The van der Waals surface area contributed by atoms with Crippen LogP contribution in [0.2, 0.25) is 0 Å². The van der Waals surface area contributed by atoms with Crippen LogP contribution in [0.15, 0.2) is 47.4 Å². The second-order valence-corrected chi connectivity index (χ2v) is 9.44. The quantitative estimate of drug-likeness (QED) is 0.403. The van der Waals surface area contributed by atoms with Gasteiger partial charge in [0.05, 0.1) is 25.2 Å². The summed E-state index contributed by atoms with van der Waals surface area (Å²) in [6.07, 6.45) is 0.635. The number of carbonyl (C=O) groups is 1. The Balaban J connectivity index is 1.49. The van der Waals surface area contributed by atoms with Crippen molar-refractivity contribution < 1.29 is 37.3 Å². The summed E-state index contributed by atoms with van der Waals surface area (Å²) in [5.41, 5.74) is 0.262. The molecule has 10 nitrogen and oxygen atoms in total. The molecule has 0 aliphatic carbocycles. The van der Waals surface area contributed by atoms with Crippen molar-refractivity contribution in [3.05, 3.63) is 48.0 Å². The van der Waals surface area contributed by atoms with Gasteiger partial charge in [0.1, 0.15) is 12.7 Å². The molecule has 11 heteroatoms. The van der Waals surface area contributed by atoms with E-state index in [4.69, 9.17) is 18.9 Å². The standard InChI is InChI=1S/C23H30N2O8S/c1-30-20-6-3-7-21(31-2)22(20)33-15-17(26)13-24-23(27)16-8-10-19(11-9-16)34(28,29)25-14-18-5-4-12-32-18/h3,6-11,17-18,25-26H,4-5,12-15H2,1-2H3,(H,24,27). The Kier molecular flexibility index (Phi) is 9.11. The van der Waals surface area contributed by atoms with E-state index >= 15 is 0 Å². The van der Waals surface area contributed by atoms with Crippen molar-refractivity contribution in [1.82, 2.24) is 10.0 Å². The number of aliphatic hydroxyl groups is 1. The van der Waals surface area contributed by atoms with Gasteiger partial charge in [-0.2, -0.15) is 0 Å². The van der Waals surface area contributed by atoms with Crippen LogP contribution >= 0.6 is 0 Å². The van der Waals surface area contributed by atoms with Crippen molar-refractivity contribution in [2.45, 2.75) is 29.9 Å². The van der Waals surface area contributed by atoms with Gasteiger partial charge in [-0.15, -0.1) is 0 Å². The van der Waals surface area contributed by atoms with Gasteiger partial charge in [0.15, 0.2) is 11.5 Å². The van der Waals surface area contributed by atoms with E-state index < -0.39 is 22.0 Å². The lowest BCUT2D eigenvalue weighted by Gasteiger charge is -2.17. The van der Waals surface area contributed by atoms with Crippen molar-refractivity contribution in [2.24, 2.45) is 0 Å². The van der Waals surface area contributed by atoms with E-state index in [1.807, 2.05) is 0 Å². The molecule has 1 amide bonds. The van der Waals surface area contributed by atoms with Gasteiger partial charge in [-0.05, 0) is 49.2 Å². The lowest BCUT2D eigenvalue weighted by Crippen LogP contribution is -2.35. The van der Waals surface area contributed by atoms with Crippen molar-refractivity contribution in [3.8, 4) is 17.2 Å². The molecule has 3 rings (SSSR count). The van der Waals surface area contributed by atoms with E-state index in [2.05, 4.69) is 10.0 Å². The number of hydrogen-bond donors (Lipinski definition) is 3. The summed E-state index contributed by atoms with van der Waals surface area (Å²) in [7, 11) is -0.710. The minimum Gasteiger partial charge on any atom is -0.493 e. The molecule has 1 aliphatic rings. The third-order valence-corrected chi connectivity index (χ3v) is 6.69. The van der Waals surface area contributed by atoms with E-state index in [9.17, 15) is 18.3 Å². The third-order valence-electron chi connectivity index (χ3n) is 5.25. The number of sulfonamides is 1. The van der Waals surface area contributed by atoms with Crippen molar-refractivity contribution in [2.75, 3.05) is 40.5 Å². The van der Waals surface area contributed by atoms with Gasteiger partial charge in [-0.25, -0.2) is 13.1 Å². The molecule has 2 aromatic carbocycles. The molecule has 2 unspecified atom stereocenters.